The van der Waals surface area contributed by atoms with Crippen molar-refractivity contribution in [2.45, 2.75) is 6.92 Å². The van der Waals surface area contributed by atoms with E-state index in [-0.39, 0.29) is 6.61 Å². The molecule has 9 heavy (non-hydrogen) atoms. The lowest BCUT2D eigenvalue weighted by atomic mass is 10.9. The molecule has 54 valence electrons. The van der Waals surface area contributed by atoms with Crippen LogP contribution < -0.4 is 4.72 Å². The lowest BCUT2D eigenvalue weighted by molar-refractivity contribution is 0.159. The van der Waals surface area contributed by atoms with Gasteiger partial charge in [0.2, 0.25) is 10.2 Å². The first-order chi connectivity index (χ1) is 4.16. The van der Waals surface area contributed by atoms with Gasteiger partial charge < -0.3 is 4.74 Å². The van der Waals surface area contributed by atoms with E-state index in [1.54, 1.807) is 6.92 Å². The normalized spacial score (nSPS) is 12.2. The second kappa shape index (κ2) is 4.58. The Morgan fingerprint density at radius 1 is 1.89 bits per heavy atom. The van der Waals surface area contributed by atoms with Crippen LogP contribution >= 0.6 is 10.7 Å². The van der Waals surface area contributed by atoms with E-state index in [4.69, 9.17) is 10.7 Å². The molecule has 1 N–H and O–H groups in total. The molecule has 0 radical (unpaired) electrons. The van der Waals surface area contributed by atoms with Gasteiger partial charge in [-0.15, -0.1) is 0 Å². The molecule has 0 saturated carbocycles. The highest BCUT2D eigenvalue weighted by Gasteiger charge is 2.00. The van der Waals surface area contributed by atoms with E-state index in [0.29, 0.717) is 0 Å². The monoisotopic (exact) mass is 171 g/mol. The summed E-state index contributed by atoms with van der Waals surface area (Å²) in [6, 6.07) is 0. The Morgan fingerprint density at radius 3 is 2.78 bits per heavy atom. The van der Waals surface area contributed by atoms with Crippen LogP contribution in [0.1, 0.15) is 6.92 Å². The lowest BCUT2D eigenvalue weighted by Gasteiger charge is -1.97. The molecule has 0 bridgehead atoms. The van der Waals surface area contributed by atoms with Crippen molar-refractivity contribution < 1.29 is 13.7 Å². The van der Waals surface area contributed by atoms with E-state index < -0.39 is 16.3 Å². The fourth-order valence-corrected chi connectivity index (χ4v) is 0.605. The summed E-state index contributed by atoms with van der Waals surface area (Å²) in [6.07, 6.45) is -0.772. The maximum atomic E-state index is 10.2. The fraction of sp³-hybridized carbons (Fsp3) is 0.667. The summed E-state index contributed by atoms with van der Waals surface area (Å²) in [4.78, 5) is 10.2. The Morgan fingerprint density at radius 2 is 2.44 bits per heavy atom. The number of ether oxygens (including phenoxy) is 1. The number of rotatable bonds is 2. The van der Waals surface area contributed by atoms with Crippen molar-refractivity contribution in [1.29, 1.82) is 0 Å². The summed E-state index contributed by atoms with van der Waals surface area (Å²) in [5.74, 6) is 0. The predicted molar refractivity (Wildman–Crippen MR) is 34.2 cm³/mol. The highest BCUT2D eigenvalue weighted by Crippen LogP contribution is 1.83. The van der Waals surface area contributed by atoms with Gasteiger partial charge in [-0.25, -0.2) is 13.7 Å². The fourth-order valence-electron chi connectivity index (χ4n) is 0.226. The number of halogens is 1. The highest BCUT2D eigenvalue weighted by atomic mass is 35.7. The lowest BCUT2D eigenvalue weighted by Crippen LogP contribution is -2.23. The molecular formula is C3H6ClNO3S. The molecule has 4 nitrogen and oxygen atoms in total. The van der Waals surface area contributed by atoms with Crippen molar-refractivity contribution in [1.82, 2.24) is 4.72 Å². The van der Waals surface area contributed by atoms with Crippen molar-refractivity contribution in [2.75, 3.05) is 6.61 Å². The maximum Gasteiger partial charge on any atom is 0.419 e. The van der Waals surface area contributed by atoms with Gasteiger partial charge in [0.05, 0.1) is 6.61 Å². The zero-order valence-corrected chi connectivity index (χ0v) is 6.29. The second-order valence-corrected chi connectivity index (χ2v) is 2.54. The molecule has 0 fully saturated rings. The third-order valence-corrected chi connectivity index (χ3v) is 0.998. The van der Waals surface area contributed by atoms with Gasteiger partial charge in [0, 0.05) is 10.7 Å². The van der Waals surface area contributed by atoms with Crippen molar-refractivity contribution in [2.24, 2.45) is 0 Å². The molecule has 0 aliphatic heterocycles. The quantitative estimate of drug-likeness (QED) is 0.618. The topological polar surface area (TPSA) is 55.4 Å². The molecule has 1 amide bonds. The van der Waals surface area contributed by atoms with Crippen LogP contribution in [0.25, 0.3) is 0 Å². The van der Waals surface area contributed by atoms with Gasteiger partial charge in [-0.3, -0.25) is 0 Å². The van der Waals surface area contributed by atoms with E-state index in [1.165, 1.54) is 0 Å². The minimum atomic E-state index is -1.85. The van der Waals surface area contributed by atoms with Crippen LogP contribution in [0, 0.1) is 0 Å². The first-order valence-corrected chi connectivity index (χ1v) is 4.16. The smallest absolute Gasteiger partial charge is 0.419 e. The standard InChI is InChI=1S/C3H6ClNO3S/c1-2-8-3(6)5-9(4)7/h2H2,1H3,(H,5,6). The average Bonchev–Trinajstić information content (AvgIpc) is 1.63. The van der Waals surface area contributed by atoms with Crippen molar-refractivity contribution >= 4 is 27.0 Å². The molecule has 0 aromatic heterocycles. The zero-order valence-electron chi connectivity index (χ0n) is 4.72. The average molecular weight is 172 g/mol. The van der Waals surface area contributed by atoms with Gasteiger partial charge in [-0.2, -0.15) is 0 Å². The SMILES string of the molecule is CCOC(=O)NS(=O)Cl. The number of carbonyl (C=O) groups is 1. The van der Waals surface area contributed by atoms with Crippen LogP contribution in [0.3, 0.4) is 0 Å². The Kier molecular flexibility index (Phi) is 4.43. The second-order valence-electron chi connectivity index (χ2n) is 1.05. The minimum absolute atomic E-state index is 0.236. The largest absolute Gasteiger partial charge is 0.449 e. The van der Waals surface area contributed by atoms with Crippen molar-refractivity contribution in [3.8, 4) is 0 Å². The Bertz CT molecular complexity index is 128. The predicted octanol–water partition coefficient (Wildman–Crippen LogP) is 0.550. The molecule has 1 unspecified atom stereocenters. The van der Waals surface area contributed by atoms with E-state index in [1.807, 2.05) is 4.72 Å². The van der Waals surface area contributed by atoms with E-state index in [2.05, 4.69) is 4.74 Å². The van der Waals surface area contributed by atoms with Gasteiger partial charge in [0.15, 0.2) is 0 Å². The summed E-state index contributed by atoms with van der Waals surface area (Å²) in [7, 11) is 3.02. The van der Waals surface area contributed by atoms with Crippen molar-refractivity contribution in [3.05, 3.63) is 0 Å². The maximum absolute atomic E-state index is 10.2. The molecular weight excluding hydrogens is 166 g/mol. The first kappa shape index (κ1) is 8.71. The van der Waals surface area contributed by atoms with E-state index in [0.717, 1.165) is 0 Å². The summed E-state index contributed by atoms with van der Waals surface area (Å²) in [5.41, 5.74) is 0. The van der Waals surface area contributed by atoms with Crippen LogP contribution in [0.4, 0.5) is 4.79 Å². The number of hydrogen-bond acceptors (Lipinski definition) is 3. The van der Waals surface area contributed by atoms with Crippen molar-refractivity contribution in [3.63, 3.8) is 0 Å². The van der Waals surface area contributed by atoms with Crippen LogP contribution in [-0.4, -0.2) is 16.9 Å². The summed E-state index contributed by atoms with van der Waals surface area (Å²) >= 11 is 0. The third kappa shape index (κ3) is 5.58. The van der Waals surface area contributed by atoms with Gasteiger partial charge in [0.1, 0.15) is 0 Å². The molecule has 0 rings (SSSR count). The molecule has 0 aliphatic carbocycles. The molecule has 0 heterocycles. The Balaban J connectivity index is 3.39. The Labute approximate surface area is 59.6 Å². The third-order valence-electron chi connectivity index (χ3n) is 0.439. The number of amides is 1. The first-order valence-electron chi connectivity index (χ1n) is 2.18. The molecule has 0 saturated heterocycles. The Hall–Kier alpha value is -0.290. The summed E-state index contributed by atoms with van der Waals surface area (Å²) < 4.78 is 16.1. The van der Waals surface area contributed by atoms with Crippen LogP contribution in [0.2, 0.25) is 0 Å². The van der Waals surface area contributed by atoms with Crippen LogP contribution in [-0.2, 0) is 14.9 Å². The van der Waals surface area contributed by atoms with Crippen LogP contribution in [0.5, 0.6) is 0 Å². The summed E-state index contributed by atoms with van der Waals surface area (Å²) in [5, 5.41) is 0. The molecule has 0 spiro atoms. The molecule has 6 heteroatoms. The number of nitrogens with one attached hydrogen (secondary N) is 1. The van der Waals surface area contributed by atoms with Gasteiger partial charge in [-0.1, -0.05) is 0 Å². The van der Waals surface area contributed by atoms with Gasteiger partial charge >= 0.3 is 6.09 Å². The molecule has 1 atom stereocenters. The number of hydrogen-bond donors (Lipinski definition) is 1. The number of carbonyl (C=O) groups excluding carboxylic acids is 1. The van der Waals surface area contributed by atoms with E-state index in [9.17, 15) is 9.00 Å². The van der Waals surface area contributed by atoms with Gasteiger partial charge in [0.25, 0.3) is 0 Å². The van der Waals surface area contributed by atoms with E-state index >= 15 is 0 Å². The molecule has 0 aromatic carbocycles. The highest BCUT2D eigenvalue weighted by molar-refractivity contribution is 8.07. The summed E-state index contributed by atoms with van der Waals surface area (Å²) in [6.45, 7) is 1.87. The molecule has 0 aliphatic rings. The van der Waals surface area contributed by atoms with Gasteiger partial charge in [-0.05, 0) is 6.92 Å². The van der Waals surface area contributed by atoms with Crippen LogP contribution in [0.15, 0.2) is 0 Å². The molecule has 0 aromatic rings. The zero-order chi connectivity index (χ0) is 7.28. The minimum Gasteiger partial charge on any atom is -0.449 e.